The van der Waals surface area contributed by atoms with Crippen molar-refractivity contribution in [2.24, 2.45) is 5.92 Å². The van der Waals surface area contributed by atoms with Gasteiger partial charge in [0, 0.05) is 17.2 Å². The molecule has 0 saturated heterocycles. The van der Waals surface area contributed by atoms with Gasteiger partial charge in [-0.25, -0.2) is 0 Å². The summed E-state index contributed by atoms with van der Waals surface area (Å²) in [6.07, 6.45) is 0. The van der Waals surface area contributed by atoms with Crippen LogP contribution in [0.25, 0.3) is 0 Å². The zero-order valence-electron chi connectivity index (χ0n) is 9.30. The molecule has 2 nitrogen and oxygen atoms in total. The lowest BCUT2D eigenvalue weighted by Gasteiger charge is -2.07. The number of ether oxygens (including phenoxy) is 1. The van der Waals surface area contributed by atoms with Crippen molar-refractivity contribution in [3.63, 3.8) is 0 Å². The number of carbonyl (C=O) groups excluding carboxylic acids is 1. The summed E-state index contributed by atoms with van der Waals surface area (Å²) < 4.78 is 5.26. The summed E-state index contributed by atoms with van der Waals surface area (Å²) in [5.74, 6) is 0.288. The Morgan fingerprint density at radius 1 is 1.38 bits per heavy atom. The first-order chi connectivity index (χ1) is 7.50. The van der Waals surface area contributed by atoms with Gasteiger partial charge in [-0.1, -0.05) is 37.0 Å². The van der Waals surface area contributed by atoms with Crippen LogP contribution in [0.15, 0.2) is 18.2 Å². The van der Waals surface area contributed by atoms with E-state index >= 15 is 0 Å². The molecule has 0 amide bonds. The molecule has 16 heavy (non-hydrogen) atoms. The van der Waals surface area contributed by atoms with Gasteiger partial charge in [-0.15, -0.1) is 0 Å². The van der Waals surface area contributed by atoms with Gasteiger partial charge in [0.05, 0.1) is 5.02 Å². The Balaban J connectivity index is 2.59. The first-order valence-electron chi connectivity index (χ1n) is 5.06. The van der Waals surface area contributed by atoms with Crippen molar-refractivity contribution in [3.05, 3.63) is 33.8 Å². The van der Waals surface area contributed by atoms with E-state index in [1.54, 1.807) is 18.2 Å². The fourth-order valence-corrected chi connectivity index (χ4v) is 1.69. The van der Waals surface area contributed by atoms with E-state index in [0.29, 0.717) is 28.1 Å². The van der Waals surface area contributed by atoms with Crippen LogP contribution in [0.3, 0.4) is 0 Å². The molecule has 1 rings (SSSR count). The molecule has 0 fully saturated rings. The highest BCUT2D eigenvalue weighted by molar-refractivity contribution is 6.36. The molecule has 0 heterocycles. The highest BCUT2D eigenvalue weighted by atomic mass is 35.5. The fourth-order valence-electron chi connectivity index (χ4n) is 1.18. The van der Waals surface area contributed by atoms with Crippen LogP contribution in [-0.2, 0) is 4.74 Å². The molecule has 0 aromatic heterocycles. The molecule has 1 aromatic carbocycles. The summed E-state index contributed by atoms with van der Waals surface area (Å²) in [6.45, 7) is 4.68. The van der Waals surface area contributed by atoms with Gasteiger partial charge in [-0.3, -0.25) is 4.79 Å². The molecule has 0 aliphatic heterocycles. The average molecular weight is 261 g/mol. The normalized spacial score (nSPS) is 10.8. The van der Waals surface area contributed by atoms with Crippen LogP contribution < -0.4 is 0 Å². The molecular weight excluding hydrogens is 247 g/mol. The Bertz CT molecular complexity index is 375. The zero-order valence-corrected chi connectivity index (χ0v) is 10.8. The van der Waals surface area contributed by atoms with E-state index in [9.17, 15) is 4.79 Å². The second-order valence-electron chi connectivity index (χ2n) is 3.96. The Morgan fingerprint density at radius 3 is 2.62 bits per heavy atom. The Labute approximate surface area is 106 Å². The van der Waals surface area contributed by atoms with Gasteiger partial charge in [-0.2, -0.15) is 0 Å². The van der Waals surface area contributed by atoms with E-state index in [4.69, 9.17) is 27.9 Å². The van der Waals surface area contributed by atoms with E-state index in [2.05, 4.69) is 0 Å². The highest BCUT2D eigenvalue weighted by Gasteiger charge is 2.11. The number of carbonyl (C=O) groups is 1. The topological polar surface area (TPSA) is 26.3 Å². The van der Waals surface area contributed by atoms with Gasteiger partial charge in [0.15, 0.2) is 5.78 Å². The Morgan fingerprint density at radius 2 is 2.06 bits per heavy atom. The molecule has 0 spiro atoms. The predicted octanol–water partition coefficient (Wildman–Crippen LogP) is 3.85. The smallest absolute Gasteiger partial charge is 0.189 e. The molecule has 4 heteroatoms. The van der Waals surface area contributed by atoms with Crippen LogP contribution in [0.2, 0.25) is 10.0 Å². The minimum absolute atomic E-state index is 0.0551. The largest absolute Gasteiger partial charge is 0.373 e. The summed E-state index contributed by atoms with van der Waals surface area (Å²) in [4.78, 5) is 11.7. The average Bonchev–Trinajstić information content (AvgIpc) is 2.16. The van der Waals surface area contributed by atoms with E-state index in [-0.39, 0.29) is 12.4 Å². The van der Waals surface area contributed by atoms with Crippen molar-refractivity contribution in [1.29, 1.82) is 0 Å². The summed E-state index contributed by atoms with van der Waals surface area (Å²) in [7, 11) is 0. The summed E-state index contributed by atoms with van der Waals surface area (Å²) in [6, 6.07) is 4.81. The Hall–Kier alpha value is -0.570. The number of Topliss-reactive ketones (excluding diaryl/α,β-unsaturated/α-hetero) is 1. The lowest BCUT2D eigenvalue weighted by molar-refractivity contribution is 0.0706. The van der Waals surface area contributed by atoms with E-state index in [1.165, 1.54) is 0 Å². The SMILES string of the molecule is CC(C)COCC(=O)c1ccc(Cl)cc1Cl. The molecule has 0 aliphatic carbocycles. The predicted molar refractivity (Wildman–Crippen MR) is 66.4 cm³/mol. The van der Waals surface area contributed by atoms with Crippen LogP contribution in [0.5, 0.6) is 0 Å². The number of rotatable bonds is 5. The molecule has 0 unspecified atom stereocenters. The lowest BCUT2D eigenvalue weighted by Crippen LogP contribution is -2.12. The van der Waals surface area contributed by atoms with Crippen LogP contribution in [0, 0.1) is 5.92 Å². The number of benzene rings is 1. The van der Waals surface area contributed by atoms with E-state index in [0.717, 1.165) is 0 Å². The van der Waals surface area contributed by atoms with Crippen molar-refractivity contribution in [3.8, 4) is 0 Å². The minimum Gasteiger partial charge on any atom is -0.373 e. The van der Waals surface area contributed by atoms with Crippen molar-refractivity contribution in [2.75, 3.05) is 13.2 Å². The summed E-state index contributed by atoms with van der Waals surface area (Å²) in [5.41, 5.74) is 0.454. The molecule has 1 aromatic rings. The lowest BCUT2D eigenvalue weighted by atomic mass is 10.1. The van der Waals surface area contributed by atoms with Crippen molar-refractivity contribution >= 4 is 29.0 Å². The molecule has 0 saturated carbocycles. The quantitative estimate of drug-likeness (QED) is 0.752. The zero-order chi connectivity index (χ0) is 12.1. The van der Waals surface area contributed by atoms with Crippen LogP contribution in [0.4, 0.5) is 0 Å². The fraction of sp³-hybridized carbons (Fsp3) is 0.417. The third-order valence-corrected chi connectivity index (χ3v) is 2.46. The summed E-state index contributed by atoms with van der Waals surface area (Å²) in [5, 5.41) is 0.885. The summed E-state index contributed by atoms with van der Waals surface area (Å²) >= 11 is 11.6. The maximum Gasteiger partial charge on any atom is 0.189 e. The number of hydrogen-bond acceptors (Lipinski definition) is 2. The molecule has 0 N–H and O–H groups in total. The van der Waals surface area contributed by atoms with Gasteiger partial charge in [-0.05, 0) is 24.1 Å². The third kappa shape index (κ3) is 4.12. The Kier molecular flexibility index (Phi) is 5.26. The van der Waals surface area contributed by atoms with Crippen LogP contribution in [0.1, 0.15) is 24.2 Å². The first-order valence-corrected chi connectivity index (χ1v) is 5.82. The molecule has 0 atom stereocenters. The maximum absolute atomic E-state index is 11.7. The number of hydrogen-bond donors (Lipinski definition) is 0. The standard InChI is InChI=1S/C12H14Cl2O2/c1-8(2)6-16-7-12(15)10-4-3-9(13)5-11(10)14/h3-5,8H,6-7H2,1-2H3. The molecule has 0 radical (unpaired) electrons. The van der Waals surface area contributed by atoms with E-state index < -0.39 is 0 Å². The van der Waals surface area contributed by atoms with Gasteiger partial charge in [0.1, 0.15) is 6.61 Å². The number of halogens is 2. The second kappa shape index (κ2) is 6.24. The van der Waals surface area contributed by atoms with Crippen molar-refractivity contribution in [1.82, 2.24) is 0 Å². The van der Waals surface area contributed by atoms with Gasteiger partial charge < -0.3 is 4.74 Å². The van der Waals surface area contributed by atoms with Gasteiger partial charge in [0.2, 0.25) is 0 Å². The van der Waals surface area contributed by atoms with Crippen molar-refractivity contribution in [2.45, 2.75) is 13.8 Å². The molecular formula is C12H14Cl2O2. The van der Waals surface area contributed by atoms with Crippen LogP contribution in [-0.4, -0.2) is 19.0 Å². The highest BCUT2D eigenvalue weighted by Crippen LogP contribution is 2.21. The van der Waals surface area contributed by atoms with Crippen LogP contribution >= 0.6 is 23.2 Å². The van der Waals surface area contributed by atoms with Gasteiger partial charge >= 0.3 is 0 Å². The molecule has 0 bridgehead atoms. The minimum atomic E-state index is -0.123. The molecule has 88 valence electrons. The maximum atomic E-state index is 11.7. The van der Waals surface area contributed by atoms with E-state index in [1.807, 2.05) is 13.8 Å². The number of ketones is 1. The second-order valence-corrected chi connectivity index (χ2v) is 4.80. The monoisotopic (exact) mass is 260 g/mol. The first kappa shape index (κ1) is 13.5. The van der Waals surface area contributed by atoms with Gasteiger partial charge in [0.25, 0.3) is 0 Å². The molecule has 0 aliphatic rings. The third-order valence-electron chi connectivity index (χ3n) is 1.92. The van der Waals surface area contributed by atoms with Crippen molar-refractivity contribution < 1.29 is 9.53 Å².